The summed E-state index contributed by atoms with van der Waals surface area (Å²) in [6.07, 6.45) is 0.175. The van der Waals surface area contributed by atoms with Crippen LogP contribution >= 0.6 is 0 Å². The Morgan fingerprint density at radius 3 is 2.62 bits per heavy atom. The van der Waals surface area contributed by atoms with Crippen LogP contribution in [0.3, 0.4) is 0 Å². The van der Waals surface area contributed by atoms with Crippen molar-refractivity contribution in [3.63, 3.8) is 0 Å². The number of likely N-dealkylation sites (tertiary alicyclic amines) is 1. The van der Waals surface area contributed by atoms with Crippen LogP contribution in [0.5, 0.6) is 0 Å². The highest BCUT2D eigenvalue weighted by atomic mass is 32.2. The predicted octanol–water partition coefficient (Wildman–Crippen LogP) is -0.777. The number of methoxy groups -OCH3 is 1. The van der Waals surface area contributed by atoms with Gasteiger partial charge in [-0.15, -0.1) is 0 Å². The first kappa shape index (κ1) is 13.2. The molecule has 1 aliphatic rings. The molecule has 1 rings (SSSR count). The van der Waals surface area contributed by atoms with Crippen molar-refractivity contribution < 1.29 is 17.9 Å². The van der Waals surface area contributed by atoms with E-state index in [1.54, 1.807) is 0 Å². The van der Waals surface area contributed by atoms with Crippen LogP contribution < -0.4 is 4.72 Å². The molecule has 0 aromatic heterocycles. The van der Waals surface area contributed by atoms with Gasteiger partial charge in [-0.3, -0.25) is 0 Å². The summed E-state index contributed by atoms with van der Waals surface area (Å²) in [7, 11) is 0.780. The Morgan fingerprint density at radius 2 is 2.12 bits per heavy atom. The van der Waals surface area contributed by atoms with Gasteiger partial charge < -0.3 is 9.64 Å². The zero-order valence-corrected chi connectivity index (χ0v) is 10.5. The number of carbonyl (C=O) groups excluding carboxylic acids is 1. The average molecular weight is 251 g/mol. The standard InChI is InChI=1S/C8H17N3O4S/c1-10(2)16(13,14)9-7-4-5-11(6-7)8(12)15-3/h7,9H,4-6H2,1-3H3/t7-/m1/s1. The quantitative estimate of drug-likeness (QED) is 0.714. The maximum atomic E-state index is 11.5. The fourth-order valence-corrected chi connectivity index (χ4v) is 2.29. The second-order valence-electron chi connectivity index (χ2n) is 3.81. The van der Waals surface area contributed by atoms with E-state index in [4.69, 9.17) is 0 Å². The maximum Gasteiger partial charge on any atom is 0.409 e. The minimum atomic E-state index is -3.43. The number of ether oxygens (including phenoxy) is 1. The van der Waals surface area contributed by atoms with E-state index >= 15 is 0 Å². The highest BCUT2D eigenvalue weighted by Crippen LogP contribution is 2.11. The monoisotopic (exact) mass is 251 g/mol. The molecule has 1 heterocycles. The minimum Gasteiger partial charge on any atom is -0.453 e. The van der Waals surface area contributed by atoms with E-state index in [1.807, 2.05) is 0 Å². The van der Waals surface area contributed by atoms with Gasteiger partial charge in [-0.1, -0.05) is 0 Å². The number of amides is 1. The molecule has 94 valence electrons. The molecule has 1 saturated heterocycles. The Labute approximate surface area is 95.5 Å². The number of nitrogens with one attached hydrogen (secondary N) is 1. The van der Waals surface area contributed by atoms with Crippen LogP contribution in [0, 0.1) is 0 Å². The van der Waals surface area contributed by atoms with Crippen molar-refractivity contribution >= 4 is 16.3 Å². The summed E-state index contributed by atoms with van der Waals surface area (Å²) < 4.78 is 31.2. The van der Waals surface area contributed by atoms with Crippen molar-refractivity contribution in [2.24, 2.45) is 0 Å². The van der Waals surface area contributed by atoms with Gasteiger partial charge in [0, 0.05) is 33.2 Å². The van der Waals surface area contributed by atoms with E-state index < -0.39 is 16.3 Å². The second-order valence-corrected chi connectivity index (χ2v) is 5.72. The van der Waals surface area contributed by atoms with Crippen LogP contribution in [0.15, 0.2) is 0 Å². The zero-order valence-electron chi connectivity index (χ0n) is 9.63. The topological polar surface area (TPSA) is 79.0 Å². The van der Waals surface area contributed by atoms with Crippen LogP contribution in [0.4, 0.5) is 4.79 Å². The van der Waals surface area contributed by atoms with Crippen molar-refractivity contribution in [3.05, 3.63) is 0 Å². The third-order valence-electron chi connectivity index (χ3n) is 2.42. The summed E-state index contributed by atoms with van der Waals surface area (Å²) in [5, 5.41) is 0. The predicted molar refractivity (Wildman–Crippen MR) is 58.1 cm³/mol. The SMILES string of the molecule is COC(=O)N1CC[C@@H](NS(=O)(=O)N(C)C)C1. The fraction of sp³-hybridized carbons (Fsp3) is 0.875. The Morgan fingerprint density at radius 1 is 1.50 bits per heavy atom. The first-order chi connectivity index (χ1) is 7.36. The molecule has 0 spiro atoms. The molecule has 1 aliphatic heterocycles. The number of hydrogen-bond donors (Lipinski definition) is 1. The molecule has 0 aromatic rings. The van der Waals surface area contributed by atoms with E-state index in [0.717, 1.165) is 4.31 Å². The molecule has 1 amide bonds. The van der Waals surface area contributed by atoms with Gasteiger partial charge in [-0.2, -0.15) is 17.4 Å². The van der Waals surface area contributed by atoms with Gasteiger partial charge in [0.2, 0.25) is 0 Å². The van der Waals surface area contributed by atoms with Crippen LogP contribution in [0.2, 0.25) is 0 Å². The molecule has 1 fully saturated rings. The fourth-order valence-electron chi connectivity index (χ4n) is 1.47. The Balaban J connectivity index is 2.52. The molecule has 0 bridgehead atoms. The molecule has 0 radical (unpaired) electrons. The van der Waals surface area contributed by atoms with Gasteiger partial charge in [-0.25, -0.2) is 4.79 Å². The highest BCUT2D eigenvalue weighted by molar-refractivity contribution is 7.87. The van der Waals surface area contributed by atoms with E-state index in [1.165, 1.54) is 26.1 Å². The largest absolute Gasteiger partial charge is 0.453 e. The maximum absolute atomic E-state index is 11.5. The lowest BCUT2D eigenvalue weighted by atomic mass is 10.3. The van der Waals surface area contributed by atoms with E-state index in [0.29, 0.717) is 19.5 Å². The summed E-state index contributed by atoms with van der Waals surface area (Å²) >= 11 is 0. The van der Waals surface area contributed by atoms with Gasteiger partial charge in [-0.05, 0) is 6.42 Å². The van der Waals surface area contributed by atoms with Gasteiger partial charge in [0.15, 0.2) is 0 Å². The molecular formula is C8H17N3O4S. The van der Waals surface area contributed by atoms with Crippen molar-refractivity contribution in [2.75, 3.05) is 34.3 Å². The van der Waals surface area contributed by atoms with Crippen LogP contribution in [-0.4, -0.2) is 64.1 Å². The summed E-state index contributed by atoms with van der Waals surface area (Å²) in [4.78, 5) is 12.7. The molecule has 16 heavy (non-hydrogen) atoms. The lowest BCUT2D eigenvalue weighted by molar-refractivity contribution is 0.132. The third kappa shape index (κ3) is 3.06. The zero-order chi connectivity index (χ0) is 12.3. The number of carbonyl (C=O) groups is 1. The van der Waals surface area contributed by atoms with Crippen molar-refractivity contribution in [1.29, 1.82) is 0 Å². The Bertz CT molecular complexity index is 354. The Hall–Kier alpha value is -0.860. The summed E-state index contributed by atoms with van der Waals surface area (Å²) in [6, 6.07) is -0.244. The number of hydrogen-bond acceptors (Lipinski definition) is 4. The molecule has 1 atom stereocenters. The van der Waals surface area contributed by atoms with Crippen LogP contribution in [0.1, 0.15) is 6.42 Å². The number of nitrogens with zero attached hydrogens (tertiary/aromatic N) is 2. The molecule has 8 heteroatoms. The molecule has 0 unspecified atom stereocenters. The molecular weight excluding hydrogens is 234 g/mol. The number of rotatable bonds is 3. The van der Waals surface area contributed by atoms with Gasteiger partial charge in [0.1, 0.15) is 0 Å². The molecule has 0 aliphatic carbocycles. The normalized spacial score (nSPS) is 21.5. The third-order valence-corrected chi connectivity index (χ3v) is 4.01. The average Bonchev–Trinajstić information content (AvgIpc) is 2.64. The molecule has 0 saturated carbocycles. The van der Waals surface area contributed by atoms with Crippen molar-refractivity contribution in [1.82, 2.24) is 13.9 Å². The van der Waals surface area contributed by atoms with Crippen molar-refractivity contribution in [2.45, 2.75) is 12.5 Å². The Kier molecular flexibility index (Phi) is 4.11. The van der Waals surface area contributed by atoms with E-state index in [-0.39, 0.29) is 6.04 Å². The summed E-state index contributed by atoms with van der Waals surface area (Å²) in [5.41, 5.74) is 0. The van der Waals surface area contributed by atoms with Crippen LogP contribution in [0.25, 0.3) is 0 Å². The second kappa shape index (κ2) is 4.98. The first-order valence-corrected chi connectivity index (χ1v) is 6.33. The lowest BCUT2D eigenvalue weighted by Crippen LogP contribution is -2.43. The van der Waals surface area contributed by atoms with E-state index in [9.17, 15) is 13.2 Å². The molecule has 1 N–H and O–H groups in total. The lowest BCUT2D eigenvalue weighted by Gasteiger charge is -2.18. The minimum absolute atomic E-state index is 0.244. The molecule has 0 aromatic carbocycles. The first-order valence-electron chi connectivity index (χ1n) is 4.89. The van der Waals surface area contributed by atoms with E-state index in [2.05, 4.69) is 9.46 Å². The smallest absolute Gasteiger partial charge is 0.409 e. The van der Waals surface area contributed by atoms with Crippen molar-refractivity contribution in [3.8, 4) is 0 Å². The van der Waals surface area contributed by atoms with Gasteiger partial charge in [0.25, 0.3) is 10.2 Å². The highest BCUT2D eigenvalue weighted by Gasteiger charge is 2.30. The summed E-state index contributed by atoms with van der Waals surface area (Å²) in [5.74, 6) is 0. The molecule has 7 nitrogen and oxygen atoms in total. The summed E-state index contributed by atoms with van der Waals surface area (Å²) in [6.45, 7) is 0.854. The van der Waals surface area contributed by atoms with Gasteiger partial charge in [0.05, 0.1) is 7.11 Å². The van der Waals surface area contributed by atoms with Gasteiger partial charge >= 0.3 is 6.09 Å². The van der Waals surface area contributed by atoms with Crippen LogP contribution in [-0.2, 0) is 14.9 Å².